The van der Waals surface area contributed by atoms with E-state index < -0.39 is 5.41 Å². The van der Waals surface area contributed by atoms with E-state index in [0.29, 0.717) is 17.2 Å². The molecular weight excluding hydrogens is 386 g/mol. The molecule has 6 nitrogen and oxygen atoms in total. The minimum Gasteiger partial charge on any atom is -0.490 e. The molecule has 2 bridgehead atoms. The highest BCUT2D eigenvalue weighted by Crippen LogP contribution is 2.51. The van der Waals surface area contributed by atoms with Crippen molar-refractivity contribution in [1.82, 2.24) is 14.6 Å². The second-order valence-corrected chi connectivity index (χ2v) is 9.68. The largest absolute Gasteiger partial charge is 0.490 e. The Labute approximate surface area is 182 Å². The Kier molecular flexibility index (Phi) is 4.67. The van der Waals surface area contributed by atoms with Crippen LogP contribution in [-0.4, -0.2) is 21.2 Å². The zero-order chi connectivity index (χ0) is 21.6. The highest BCUT2D eigenvalue weighted by Gasteiger charge is 2.39. The predicted molar refractivity (Wildman–Crippen MR) is 116 cm³/mol. The van der Waals surface area contributed by atoms with Crippen molar-refractivity contribution in [3.8, 4) is 29.0 Å². The maximum atomic E-state index is 9.56. The molecule has 0 spiro atoms. The van der Waals surface area contributed by atoms with Crippen LogP contribution in [0, 0.1) is 39.9 Å². The normalized spacial score (nSPS) is 22.4. The Bertz CT molecular complexity index is 1200. The molecule has 0 saturated heterocycles. The zero-order valence-electron chi connectivity index (χ0n) is 17.9. The van der Waals surface area contributed by atoms with E-state index in [0.717, 1.165) is 28.5 Å². The van der Waals surface area contributed by atoms with Gasteiger partial charge in [-0.05, 0) is 63.5 Å². The van der Waals surface area contributed by atoms with Crippen LogP contribution in [0.4, 0.5) is 0 Å². The Morgan fingerprint density at radius 3 is 2.55 bits per heavy atom. The smallest absolute Gasteiger partial charge is 0.138 e. The molecule has 0 N–H and O–H groups in total. The van der Waals surface area contributed by atoms with Crippen LogP contribution in [0.25, 0.3) is 16.6 Å². The fourth-order valence-corrected chi connectivity index (χ4v) is 4.98. The van der Waals surface area contributed by atoms with Crippen molar-refractivity contribution in [2.45, 2.75) is 45.4 Å². The van der Waals surface area contributed by atoms with E-state index in [-0.39, 0.29) is 6.61 Å². The van der Waals surface area contributed by atoms with Crippen LogP contribution < -0.4 is 4.74 Å². The van der Waals surface area contributed by atoms with Crippen LogP contribution >= 0.6 is 0 Å². The van der Waals surface area contributed by atoms with E-state index in [9.17, 15) is 10.5 Å². The Morgan fingerprint density at radius 1 is 1.13 bits per heavy atom. The second-order valence-electron chi connectivity index (χ2n) is 9.68. The van der Waals surface area contributed by atoms with Crippen LogP contribution in [0.2, 0.25) is 0 Å². The van der Waals surface area contributed by atoms with Crippen molar-refractivity contribution in [2.75, 3.05) is 6.61 Å². The van der Waals surface area contributed by atoms with E-state index in [1.54, 1.807) is 16.9 Å². The summed E-state index contributed by atoms with van der Waals surface area (Å²) in [5.74, 6) is 2.96. The van der Waals surface area contributed by atoms with Gasteiger partial charge in [-0.25, -0.2) is 4.52 Å². The minimum absolute atomic E-state index is 0.266. The Morgan fingerprint density at radius 2 is 1.90 bits per heavy atom. The molecule has 156 valence electrons. The highest BCUT2D eigenvalue weighted by atomic mass is 16.5. The quantitative estimate of drug-likeness (QED) is 0.583. The van der Waals surface area contributed by atoms with Gasteiger partial charge in [0.25, 0.3) is 0 Å². The van der Waals surface area contributed by atoms with Gasteiger partial charge in [0.1, 0.15) is 18.4 Å². The molecule has 31 heavy (non-hydrogen) atoms. The average molecular weight is 412 g/mol. The fourth-order valence-electron chi connectivity index (χ4n) is 4.98. The minimum atomic E-state index is -0.596. The van der Waals surface area contributed by atoms with E-state index in [2.05, 4.69) is 29.4 Å². The molecule has 0 unspecified atom stereocenters. The van der Waals surface area contributed by atoms with Gasteiger partial charge in [0.2, 0.25) is 0 Å². The first-order valence-electron chi connectivity index (χ1n) is 10.9. The monoisotopic (exact) mass is 411 g/mol. The van der Waals surface area contributed by atoms with Gasteiger partial charge >= 0.3 is 0 Å². The number of nitriles is 2. The molecule has 3 saturated carbocycles. The number of hydrogen-bond donors (Lipinski definition) is 0. The summed E-state index contributed by atoms with van der Waals surface area (Å²) < 4.78 is 7.60. The average Bonchev–Trinajstić information content (AvgIpc) is 3.20. The van der Waals surface area contributed by atoms with Gasteiger partial charge in [0, 0.05) is 28.9 Å². The molecule has 6 heteroatoms. The number of fused-ring (bicyclic) bond motifs is 3. The third kappa shape index (κ3) is 3.64. The number of rotatable bonds is 5. The first kappa shape index (κ1) is 19.6. The molecule has 3 aliphatic carbocycles. The van der Waals surface area contributed by atoms with Gasteiger partial charge in [0.05, 0.1) is 35.0 Å². The lowest BCUT2D eigenvalue weighted by molar-refractivity contribution is 0.0952. The summed E-state index contributed by atoms with van der Waals surface area (Å²) >= 11 is 0. The van der Waals surface area contributed by atoms with Crippen molar-refractivity contribution in [2.24, 2.45) is 17.3 Å². The first-order valence-corrected chi connectivity index (χ1v) is 10.9. The molecule has 6 rings (SSSR count). The first-order chi connectivity index (χ1) is 15.0. The van der Waals surface area contributed by atoms with E-state index in [1.165, 1.54) is 31.4 Å². The molecule has 3 aliphatic rings. The Hall–Kier alpha value is -3.38. The molecule has 0 amide bonds. The topological polar surface area (TPSA) is 87.0 Å². The molecule has 0 aliphatic heterocycles. The molecule has 0 atom stereocenters. The third-order valence-corrected chi connectivity index (χ3v) is 6.69. The maximum Gasteiger partial charge on any atom is 0.138 e. The molecule has 3 aromatic heterocycles. The number of pyridine rings is 2. The van der Waals surface area contributed by atoms with Gasteiger partial charge in [-0.2, -0.15) is 15.6 Å². The number of ether oxygens (including phenoxy) is 1. The van der Waals surface area contributed by atoms with Gasteiger partial charge in [0.15, 0.2) is 0 Å². The summed E-state index contributed by atoms with van der Waals surface area (Å²) in [7, 11) is 0. The number of nitrogens with zero attached hydrogens (tertiary/aromatic N) is 5. The molecule has 3 aromatic rings. The molecular formula is C25H25N5O. The van der Waals surface area contributed by atoms with Crippen LogP contribution in [0.3, 0.4) is 0 Å². The van der Waals surface area contributed by atoms with E-state index in [1.807, 2.05) is 26.1 Å². The zero-order valence-corrected chi connectivity index (χ0v) is 17.9. The Balaban J connectivity index is 1.49. The maximum absolute atomic E-state index is 9.56. The lowest BCUT2D eigenvalue weighted by Crippen LogP contribution is -2.33. The van der Waals surface area contributed by atoms with Crippen LogP contribution in [0.5, 0.6) is 5.75 Å². The summed E-state index contributed by atoms with van der Waals surface area (Å²) in [5, 5.41) is 23.2. The summed E-state index contributed by atoms with van der Waals surface area (Å²) in [6.07, 6.45) is 10.5. The second kappa shape index (κ2) is 7.39. The summed E-state index contributed by atoms with van der Waals surface area (Å²) in [5.41, 5.74) is 3.61. The van der Waals surface area contributed by atoms with E-state index >= 15 is 0 Å². The molecule has 0 radical (unpaired) electrons. The van der Waals surface area contributed by atoms with Crippen molar-refractivity contribution in [1.29, 1.82) is 10.5 Å². The number of hydrogen-bond acceptors (Lipinski definition) is 5. The standard InChI is InChI=1S/C25H25N5O/c1-25(2,14-27)15-31-21-9-22(24-20(10-26)12-29-30(24)13-21)18-3-4-23(28-11-18)19-7-16-5-17(6-16)8-19/h3-4,9,11-13,16-17,19H,5-8,15H2,1-2H3. The lowest BCUT2D eigenvalue weighted by Gasteiger charge is -2.45. The molecule has 3 heterocycles. The highest BCUT2D eigenvalue weighted by molar-refractivity contribution is 5.85. The van der Waals surface area contributed by atoms with Gasteiger partial charge in [-0.15, -0.1) is 0 Å². The summed E-state index contributed by atoms with van der Waals surface area (Å²) in [6.45, 7) is 3.94. The van der Waals surface area contributed by atoms with Gasteiger partial charge < -0.3 is 4.74 Å². The van der Waals surface area contributed by atoms with Crippen LogP contribution in [0.1, 0.15) is 56.7 Å². The van der Waals surface area contributed by atoms with Gasteiger partial charge in [-0.1, -0.05) is 6.07 Å². The number of aromatic nitrogens is 3. The molecule has 0 aromatic carbocycles. The fraction of sp³-hybridized carbons (Fsp3) is 0.440. The van der Waals surface area contributed by atoms with Crippen molar-refractivity contribution in [3.05, 3.63) is 48.0 Å². The van der Waals surface area contributed by atoms with Crippen LogP contribution in [0.15, 0.2) is 36.8 Å². The predicted octanol–water partition coefficient (Wildman–Crippen LogP) is 5.10. The summed E-state index contributed by atoms with van der Waals surface area (Å²) in [6, 6.07) is 10.6. The SMILES string of the molecule is CC(C)(C#N)COc1cc(-c2ccc(C3CC4CC(C4)C3)nc2)c2c(C#N)cnn2c1. The van der Waals surface area contributed by atoms with E-state index in [4.69, 9.17) is 9.72 Å². The van der Waals surface area contributed by atoms with Gasteiger partial charge in [-0.3, -0.25) is 4.98 Å². The van der Waals surface area contributed by atoms with Crippen molar-refractivity contribution < 1.29 is 4.74 Å². The molecule has 3 fully saturated rings. The lowest BCUT2D eigenvalue weighted by atomic mass is 9.61. The van der Waals surface area contributed by atoms with Crippen molar-refractivity contribution in [3.63, 3.8) is 0 Å². The third-order valence-electron chi connectivity index (χ3n) is 6.69. The van der Waals surface area contributed by atoms with Crippen molar-refractivity contribution >= 4 is 5.52 Å². The van der Waals surface area contributed by atoms with Crippen LogP contribution in [-0.2, 0) is 0 Å². The summed E-state index contributed by atoms with van der Waals surface area (Å²) in [4.78, 5) is 4.81.